The van der Waals surface area contributed by atoms with Gasteiger partial charge in [-0.2, -0.15) is 0 Å². The van der Waals surface area contributed by atoms with Crippen LogP contribution in [0.5, 0.6) is 0 Å². The van der Waals surface area contributed by atoms with Crippen molar-refractivity contribution in [3.05, 3.63) is 33.9 Å². The van der Waals surface area contributed by atoms with Crippen molar-refractivity contribution in [1.82, 2.24) is 15.3 Å². The Morgan fingerprint density at radius 2 is 1.95 bits per heavy atom. The first-order valence-electron chi connectivity index (χ1n) is 6.79. The molecule has 5 N–H and O–H groups in total. The van der Waals surface area contributed by atoms with Crippen molar-refractivity contribution < 1.29 is 0 Å². The van der Waals surface area contributed by atoms with Crippen LogP contribution in [0.1, 0.15) is 5.69 Å². The van der Waals surface area contributed by atoms with Crippen molar-refractivity contribution in [2.45, 2.75) is 16.3 Å². The second-order valence-corrected chi connectivity index (χ2v) is 6.94. The highest BCUT2D eigenvalue weighted by Gasteiger charge is 2.21. The number of nitrogens with two attached hydrogens (primary N) is 2. The van der Waals surface area contributed by atoms with Gasteiger partial charge < -0.3 is 16.8 Å². The summed E-state index contributed by atoms with van der Waals surface area (Å²) in [4.78, 5) is 9.58. The first-order chi connectivity index (χ1) is 10.5. The molecule has 1 saturated heterocycles. The second-order valence-electron chi connectivity index (χ2n) is 5.13. The molecule has 1 aliphatic heterocycles. The van der Waals surface area contributed by atoms with Crippen molar-refractivity contribution in [2.75, 3.05) is 24.6 Å². The number of halogens is 2. The molecule has 0 atom stereocenters. The normalized spacial score (nSPS) is 14.8. The summed E-state index contributed by atoms with van der Waals surface area (Å²) in [5, 5.41) is 4.81. The van der Waals surface area contributed by atoms with E-state index in [1.165, 1.54) is 11.8 Å². The van der Waals surface area contributed by atoms with Gasteiger partial charge in [-0.15, -0.1) is 0 Å². The topological polar surface area (TPSA) is 89.8 Å². The maximum atomic E-state index is 6.21. The van der Waals surface area contributed by atoms with E-state index < -0.39 is 0 Å². The van der Waals surface area contributed by atoms with Crippen LogP contribution in [0, 0.1) is 5.92 Å². The van der Waals surface area contributed by atoms with Gasteiger partial charge in [-0.3, -0.25) is 0 Å². The number of nitrogen functional groups attached to an aromatic ring is 2. The second kappa shape index (κ2) is 6.50. The lowest BCUT2D eigenvalue weighted by Gasteiger charge is -2.27. The zero-order valence-corrected chi connectivity index (χ0v) is 14.0. The van der Waals surface area contributed by atoms with Crippen molar-refractivity contribution >= 4 is 46.6 Å². The molecule has 1 aromatic carbocycles. The number of hydrogen-bond acceptors (Lipinski definition) is 6. The van der Waals surface area contributed by atoms with E-state index in [4.69, 9.17) is 34.7 Å². The van der Waals surface area contributed by atoms with Gasteiger partial charge in [0.2, 0.25) is 0 Å². The Morgan fingerprint density at radius 1 is 1.18 bits per heavy atom. The van der Waals surface area contributed by atoms with Crippen LogP contribution in [0.15, 0.2) is 28.1 Å². The minimum absolute atomic E-state index is 0.300. The van der Waals surface area contributed by atoms with Crippen molar-refractivity contribution in [2.24, 2.45) is 5.92 Å². The zero-order valence-electron chi connectivity index (χ0n) is 11.6. The van der Waals surface area contributed by atoms with Gasteiger partial charge in [0, 0.05) is 4.90 Å². The number of aromatic nitrogens is 2. The van der Waals surface area contributed by atoms with Gasteiger partial charge >= 0.3 is 0 Å². The molecule has 0 aliphatic carbocycles. The molecule has 0 bridgehead atoms. The van der Waals surface area contributed by atoms with Crippen LogP contribution >= 0.6 is 35.0 Å². The van der Waals surface area contributed by atoms with E-state index in [9.17, 15) is 0 Å². The summed E-state index contributed by atoms with van der Waals surface area (Å²) in [6.07, 6.45) is 0.795. The summed E-state index contributed by atoms with van der Waals surface area (Å²) >= 11 is 13.6. The van der Waals surface area contributed by atoms with E-state index in [2.05, 4.69) is 15.3 Å². The van der Waals surface area contributed by atoms with E-state index in [0.717, 1.165) is 30.1 Å². The Morgan fingerprint density at radius 3 is 2.64 bits per heavy atom. The van der Waals surface area contributed by atoms with Crippen LogP contribution in [0.4, 0.5) is 11.6 Å². The number of hydrogen-bond donors (Lipinski definition) is 3. The molecular formula is C14H15Cl2N5S. The molecule has 2 aromatic rings. The first kappa shape index (κ1) is 15.7. The monoisotopic (exact) mass is 355 g/mol. The molecular weight excluding hydrogens is 341 g/mol. The third-order valence-electron chi connectivity index (χ3n) is 3.46. The van der Waals surface area contributed by atoms with Crippen LogP contribution in [-0.2, 0) is 6.42 Å². The van der Waals surface area contributed by atoms with Crippen LogP contribution in [0.2, 0.25) is 10.0 Å². The fourth-order valence-electron chi connectivity index (χ4n) is 2.14. The number of nitrogens with zero attached hydrogens (tertiary/aromatic N) is 2. The fraction of sp³-hybridized carbons (Fsp3) is 0.286. The van der Waals surface area contributed by atoms with Gasteiger partial charge in [-0.1, -0.05) is 41.0 Å². The van der Waals surface area contributed by atoms with Crippen LogP contribution in [-0.4, -0.2) is 23.1 Å². The van der Waals surface area contributed by atoms with Crippen molar-refractivity contribution in [3.63, 3.8) is 0 Å². The molecule has 1 aromatic heterocycles. The smallest absolute Gasteiger partial charge is 0.158 e. The third-order valence-corrected chi connectivity index (χ3v) is 5.45. The maximum Gasteiger partial charge on any atom is 0.158 e. The third kappa shape index (κ3) is 3.25. The molecule has 0 saturated carbocycles. The molecule has 0 radical (unpaired) electrons. The van der Waals surface area contributed by atoms with Crippen molar-refractivity contribution in [1.29, 1.82) is 0 Å². The Balaban J connectivity index is 1.89. The summed E-state index contributed by atoms with van der Waals surface area (Å²) < 4.78 is 0. The van der Waals surface area contributed by atoms with E-state index in [1.807, 2.05) is 12.1 Å². The van der Waals surface area contributed by atoms with Gasteiger partial charge in [-0.05, 0) is 37.6 Å². The maximum absolute atomic E-state index is 6.21. The molecule has 0 spiro atoms. The highest BCUT2D eigenvalue weighted by Crippen LogP contribution is 2.38. The summed E-state index contributed by atoms with van der Waals surface area (Å²) in [5.74, 6) is 1.24. The lowest BCUT2D eigenvalue weighted by molar-refractivity contribution is 0.343. The minimum atomic E-state index is 0.300. The molecule has 3 rings (SSSR count). The highest BCUT2D eigenvalue weighted by atomic mass is 35.5. The molecule has 1 aliphatic rings. The standard InChI is InChI=1S/C14H15Cl2N5S/c15-8-2-1-3-10(11(8)16)22-14-13(18)21-12(17)9(20-14)4-7-5-19-6-7/h1-3,7,19H,4-6H2,(H4,17,18,21). The minimum Gasteiger partial charge on any atom is -0.382 e. The van der Waals surface area contributed by atoms with Gasteiger partial charge in [0.25, 0.3) is 0 Å². The number of nitrogens with one attached hydrogen (secondary N) is 1. The van der Waals surface area contributed by atoms with Gasteiger partial charge in [0.15, 0.2) is 5.82 Å². The lowest BCUT2D eigenvalue weighted by atomic mass is 9.97. The largest absolute Gasteiger partial charge is 0.382 e. The molecule has 0 amide bonds. The molecule has 22 heavy (non-hydrogen) atoms. The molecule has 8 heteroatoms. The number of rotatable bonds is 4. The first-order valence-corrected chi connectivity index (χ1v) is 8.36. The predicted molar refractivity (Wildman–Crippen MR) is 91.5 cm³/mol. The Bertz CT molecular complexity index is 706. The lowest BCUT2D eigenvalue weighted by Crippen LogP contribution is -2.43. The van der Waals surface area contributed by atoms with Crippen LogP contribution in [0.25, 0.3) is 0 Å². The van der Waals surface area contributed by atoms with Crippen LogP contribution in [0.3, 0.4) is 0 Å². The average Bonchev–Trinajstić information content (AvgIpc) is 2.43. The molecule has 2 heterocycles. The van der Waals surface area contributed by atoms with E-state index in [0.29, 0.717) is 32.6 Å². The van der Waals surface area contributed by atoms with Gasteiger partial charge in [-0.25, -0.2) is 9.97 Å². The Labute approximate surface area is 142 Å². The zero-order chi connectivity index (χ0) is 15.7. The quantitative estimate of drug-likeness (QED) is 0.781. The van der Waals surface area contributed by atoms with E-state index in [-0.39, 0.29) is 0 Å². The number of anilines is 2. The molecule has 116 valence electrons. The fourth-order valence-corrected chi connectivity index (χ4v) is 3.47. The number of benzene rings is 1. The summed E-state index contributed by atoms with van der Waals surface area (Å²) in [7, 11) is 0. The van der Waals surface area contributed by atoms with Crippen LogP contribution < -0.4 is 16.8 Å². The summed E-state index contributed by atoms with van der Waals surface area (Å²) in [6, 6.07) is 5.44. The molecule has 5 nitrogen and oxygen atoms in total. The predicted octanol–water partition coefficient (Wildman–Crippen LogP) is 2.86. The molecule has 1 fully saturated rings. The summed E-state index contributed by atoms with van der Waals surface area (Å²) in [6.45, 7) is 1.96. The summed E-state index contributed by atoms with van der Waals surface area (Å²) in [5.41, 5.74) is 12.7. The van der Waals surface area contributed by atoms with E-state index >= 15 is 0 Å². The Kier molecular flexibility index (Phi) is 4.63. The molecule has 0 unspecified atom stereocenters. The average molecular weight is 356 g/mol. The van der Waals surface area contributed by atoms with Gasteiger partial charge in [0.05, 0.1) is 15.7 Å². The van der Waals surface area contributed by atoms with Gasteiger partial charge in [0.1, 0.15) is 10.8 Å². The Hall–Kier alpha value is -1.21. The SMILES string of the molecule is Nc1nc(N)c(Sc2cccc(Cl)c2Cl)nc1CC1CNC1. The van der Waals surface area contributed by atoms with E-state index in [1.54, 1.807) is 6.07 Å². The highest BCUT2D eigenvalue weighted by molar-refractivity contribution is 7.99. The van der Waals surface area contributed by atoms with Crippen molar-refractivity contribution in [3.8, 4) is 0 Å².